The number of carbonyl (C=O) groups excluding carboxylic acids is 1. The molecule has 0 rings (SSSR count). The summed E-state index contributed by atoms with van der Waals surface area (Å²) in [4.78, 5) is 11.7. The van der Waals surface area contributed by atoms with Crippen LogP contribution in [0.5, 0.6) is 0 Å². The van der Waals surface area contributed by atoms with E-state index in [1.54, 1.807) is 18.7 Å². The van der Waals surface area contributed by atoms with Gasteiger partial charge in [-0.15, -0.1) is 0 Å². The Morgan fingerprint density at radius 3 is 2.69 bits per heavy atom. The molecule has 0 aromatic heterocycles. The number of hydrogen-bond acceptors (Lipinski definition) is 5. The Kier molecular flexibility index (Phi) is 9.71. The molecule has 0 aliphatic rings. The molecular formula is C10H22N2O3S. The van der Waals surface area contributed by atoms with Crippen molar-refractivity contribution in [3.8, 4) is 0 Å². The van der Waals surface area contributed by atoms with E-state index < -0.39 is 6.10 Å². The summed E-state index contributed by atoms with van der Waals surface area (Å²) in [5.41, 5.74) is 0. The summed E-state index contributed by atoms with van der Waals surface area (Å²) in [7, 11) is 0. The van der Waals surface area contributed by atoms with Crippen molar-refractivity contribution in [1.29, 1.82) is 0 Å². The second-order valence-corrected chi connectivity index (χ2v) is 4.54. The number of aliphatic hydroxyl groups excluding tert-OH is 2. The third-order valence-electron chi connectivity index (χ3n) is 1.95. The van der Waals surface area contributed by atoms with Crippen molar-refractivity contribution < 1.29 is 15.0 Å². The van der Waals surface area contributed by atoms with Gasteiger partial charge in [-0.3, -0.25) is 4.79 Å². The molecule has 0 saturated carbocycles. The van der Waals surface area contributed by atoms with Gasteiger partial charge in [0.15, 0.2) is 0 Å². The third-order valence-corrected chi connectivity index (χ3v) is 2.61. The van der Waals surface area contributed by atoms with Crippen molar-refractivity contribution in [2.45, 2.75) is 25.5 Å². The molecule has 0 aliphatic carbocycles. The van der Waals surface area contributed by atoms with Crippen LogP contribution in [0.25, 0.3) is 0 Å². The predicted molar refractivity (Wildman–Crippen MR) is 66.6 cm³/mol. The summed E-state index contributed by atoms with van der Waals surface area (Å²) >= 11 is 1.58. The van der Waals surface area contributed by atoms with E-state index in [9.17, 15) is 4.79 Å². The third kappa shape index (κ3) is 7.92. The van der Waals surface area contributed by atoms with Crippen molar-refractivity contribution in [2.75, 3.05) is 31.7 Å². The molecule has 2 atom stereocenters. The van der Waals surface area contributed by atoms with Crippen LogP contribution in [0.15, 0.2) is 0 Å². The summed E-state index contributed by atoms with van der Waals surface area (Å²) in [6, 6.07) is -0.264. The maximum atomic E-state index is 11.7. The Labute approximate surface area is 101 Å². The smallest absolute Gasteiger partial charge is 0.238 e. The summed E-state index contributed by atoms with van der Waals surface area (Å²) in [6.45, 7) is 2.63. The molecule has 16 heavy (non-hydrogen) atoms. The molecule has 0 aromatic rings. The molecule has 1 amide bonds. The van der Waals surface area contributed by atoms with Crippen LogP contribution in [0, 0.1) is 0 Å². The lowest BCUT2D eigenvalue weighted by Gasteiger charge is -2.17. The van der Waals surface area contributed by atoms with Crippen molar-refractivity contribution in [2.24, 2.45) is 0 Å². The quantitative estimate of drug-likeness (QED) is 0.402. The average Bonchev–Trinajstić information content (AvgIpc) is 2.25. The van der Waals surface area contributed by atoms with Gasteiger partial charge in [-0.2, -0.15) is 11.8 Å². The lowest BCUT2D eigenvalue weighted by molar-refractivity contribution is -0.123. The second-order valence-electron chi connectivity index (χ2n) is 3.63. The van der Waals surface area contributed by atoms with E-state index in [0.29, 0.717) is 18.7 Å². The van der Waals surface area contributed by atoms with Gasteiger partial charge in [0.05, 0.1) is 12.1 Å². The van der Waals surface area contributed by atoms with Crippen LogP contribution >= 0.6 is 11.8 Å². The first-order valence-corrected chi connectivity index (χ1v) is 6.80. The van der Waals surface area contributed by atoms with Gasteiger partial charge in [0.2, 0.25) is 5.91 Å². The van der Waals surface area contributed by atoms with E-state index in [-0.39, 0.29) is 25.1 Å². The van der Waals surface area contributed by atoms with Crippen molar-refractivity contribution in [1.82, 2.24) is 10.6 Å². The van der Waals surface area contributed by atoms with Crippen LogP contribution < -0.4 is 10.6 Å². The fourth-order valence-corrected chi connectivity index (χ4v) is 1.72. The number of amides is 1. The number of aliphatic hydroxyl groups is 2. The summed E-state index contributed by atoms with van der Waals surface area (Å²) in [6.07, 6.45) is 2.04. The SMILES string of the molecule is CSC[C@H](NCCCO)C(=O)NC[C@H](C)O. The molecule has 0 heterocycles. The first-order valence-electron chi connectivity index (χ1n) is 5.40. The van der Waals surface area contributed by atoms with E-state index in [4.69, 9.17) is 10.2 Å². The zero-order chi connectivity index (χ0) is 12.4. The van der Waals surface area contributed by atoms with Gasteiger partial charge in [-0.25, -0.2) is 0 Å². The molecule has 0 aliphatic heterocycles. The highest BCUT2D eigenvalue weighted by molar-refractivity contribution is 7.98. The fourth-order valence-electron chi connectivity index (χ4n) is 1.12. The van der Waals surface area contributed by atoms with Crippen LogP contribution in [-0.4, -0.2) is 60.0 Å². The minimum absolute atomic E-state index is 0.104. The molecule has 6 heteroatoms. The van der Waals surface area contributed by atoms with Gasteiger partial charge in [0.25, 0.3) is 0 Å². The van der Waals surface area contributed by atoms with Crippen LogP contribution in [0.1, 0.15) is 13.3 Å². The number of thioether (sulfide) groups is 1. The first-order chi connectivity index (χ1) is 7.61. The van der Waals surface area contributed by atoms with Crippen LogP contribution in [0.4, 0.5) is 0 Å². The highest BCUT2D eigenvalue weighted by Crippen LogP contribution is 1.98. The first kappa shape index (κ1) is 15.7. The lowest BCUT2D eigenvalue weighted by Crippen LogP contribution is -2.47. The Hall–Kier alpha value is -0.300. The van der Waals surface area contributed by atoms with Crippen LogP contribution in [0.3, 0.4) is 0 Å². The molecule has 0 aromatic carbocycles. The maximum Gasteiger partial charge on any atom is 0.238 e. The van der Waals surface area contributed by atoms with Crippen molar-refractivity contribution in [3.05, 3.63) is 0 Å². The molecule has 0 radical (unpaired) electrons. The monoisotopic (exact) mass is 250 g/mol. The van der Waals surface area contributed by atoms with Crippen LogP contribution in [0.2, 0.25) is 0 Å². The normalized spacial score (nSPS) is 14.5. The van der Waals surface area contributed by atoms with E-state index >= 15 is 0 Å². The molecule has 96 valence electrons. The Bertz CT molecular complexity index is 191. The molecule has 0 fully saturated rings. The topological polar surface area (TPSA) is 81.6 Å². The minimum atomic E-state index is -0.531. The summed E-state index contributed by atoms with van der Waals surface area (Å²) in [5.74, 6) is 0.574. The Morgan fingerprint density at radius 2 is 2.19 bits per heavy atom. The van der Waals surface area contributed by atoms with E-state index in [1.807, 2.05) is 6.26 Å². The number of carbonyl (C=O) groups is 1. The second kappa shape index (κ2) is 9.89. The average molecular weight is 250 g/mol. The Morgan fingerprint density at radius 1 is 1.50 bits per heavy atom. The zero-order valence-corrected chi connectivity index (χ0v) is 10.7. The molecule has 4 N–H and O–H groups in total. The van der Waals surface area contributed by atoms with E-state index in [0.717, 1.165) is 0 Å². The van der Waals surface area contributed by atoms with Crippen molar-refractivity contribution in [3.63, 3.8) is 0 Å². The number of rotatable bonds is 9. The van der Waals surface area contributed by atoms with Gasteiger partial charge in [-0.1, -0.05) is 0 Å². The summed E-state index contributed by atoms with van der Waals surface area (Å²) < 4.78 is 0. The molecule has 5 nitrogen and oxygen atoms in total. The molecule has 0 saturated heterocycles. The molecule has 0 spiro atoms. The predicted octanol–water partition coefficient (Wildman–Crippen LogP) is -0.813. The largest absolute Gasteiger partial charge is 0.396 e. The highest BCUT2D eigenvalue weighted by atomic mass is 32.2. The van der Waals surface area contributed by atoms with Crippen LogP contribution in [-0.2, 0) is 4.79 Å². The van der Waals surface area contributed by atoms with Gasteiger partial charge in [-0.05, 0) is 26.1 Å². The number of nitrogens with one attached hydrogen (secondary N) is 2. The maximum absolute atomic E-state index is 11.7. The van der Waals surface area contributed by atoms with Gasteiger partial charge in [0.1, 0.15) is 0 Å². The molecule has 0 unspecified atom stereocenters. The Balaban J connectivity index is 3.92. The highest BCUT2D eigenvalue weighted by Gasteiger charge is 2.16. The van der Waals surface area contributed by atoms with E-state index in [2.05, 4.69) is 10.6 Å². The summed E-state index contributed by atoms with van der Waals surface area (Å²) in [5, 5.41) is 23.4. The van der Waals surface area contributed by atoms with Crippen molar-refractivity contribution >= 4 is 17.7 Å². The standard InChI is InChI=1S/C10H22N2O3S/c1-8(14)6-12-10(15)9(7-16-2)11-4-3-5-13/h8-9,11,13-14H,3-7H2,1-2H3,(H,12,15)/t8-,9-/m0/s1. The fraction of sp³-hybridized carbons (Fsp3) is 0.900. The molecule has 0 bridgehead atoms. The van der Waals surface area contributed by atoms with E-state index in [1.165, 1.54) is 0 Å². The lowest BCUT2D eigenvalue weighted by atomic mass is 10.3. The van der Waals surface area contributed by atoms with Gasteiger partial charge in [0, 0.05) is 18.9 Å². The number of hydrogen-bond donors (Lipinski definition) is 4. The zero-order valence-electron chi connectivity index (χ0n) is 9.90. The van der Waals surface area contributed by atoms with Gasteiger partial charge >= 0.3 is 0 Å². The molecular weight excluding hydrogens is 228 g/mol. The minimum Gasteiger partial charge on any atom is -0.396 e. The van der Waals surface area contributed by atoms with Gasteiger partial charge < -0.3 is 20.8 Å².